The molecule has 0 spiro atoms. The number of hydrogen-bond acceptors (Lipinski definition) is 3. The summed E-state index contributed by atoms with van der Waals surface area (Å²) in [6.45, 7) is 7.43. The van der Waals surface area contributed by atoms with Crippen LogP contribution in [-0.2, 0) is 0 Å². The van der Waals surface area contributed by atoms with Crippen molar-refractivity contribution < 1.29 is 9.90 Å². The van der Waals surface area contributed by atoms with Crippen LogP contribution in [0.25, 0.3) is 0 Å². The van der Waals surface area contributed by atoms with Gasteiger partial charge in [-0.1, -0.05) is 13.8 Å². The summed E-state index contributed by atoms with van der Waals surface area (Å²) in [7, 11) is 0. The molecule has 0 atom stereocenters. The maximum Gasteiger partial charge on any atom is 0.336 e. The van der Waals surface area contributed by atoms with E-state index in [0.717, 1.165) is 30.3 Å². The number of halogens is 1. The highest BCUT2D eigenvalue weighted by Crippen LogP contribution is 2.25. The molecule has 0 unspecified atom stereocenters. The number of hydrogen-bond donors (Lipinski definition) is 1. The summed E-state index contributed by atoms with van der Waals surface area (Å²) in [4.78, 5) is 14.4. The van der Waals surface area contributed by atoms with E-state index in [1.165, 1.54) is 0 Å². The van der Waals surface area contributed by atoms with E-state index < -0.39 is 5.97 Å². The summed E-state index contributed by atoms with van der Waals surface area (Å²) >= 11 is 4.94. The monoisotopic (exact) mass is 331 g/mol. The van der Waals surface area contributed by atoms with E-state index in [4.69, 9.17) is 5.11 Å². The second-order valence-electron chi connectivity index (χ2n) is 3.82. The van der Waals surface area contributed by atoms with Crippen LogP contribution in [0.2, 0.25) is 0 Å². The van der Waals surface area contributed by atoms with Crippen molar-refractivity contribution in [3.63, 3.8) is 0 Å². The average molecular weight is 332 g/mol. The summed E-state index contributed by atoms with van der Waals surface area (Å²) in [5.74, 6) is 0.0793. The van der Waals surface area contributed by atoms with E-state index in [-0.39, 0.29) is 0 Å². The molecule has 1 aromatic carbocycles. The van der Waals surface area contributed by atoms with Crippen LogP contribution < -0.4 is 0 Å². The average Bonchev–Trinajstić information content (AvgIpc) is 2.36. The Kier molecular flexibility index (Phi) is 6.75. The number of carbonyl (C=O) groups is 1. The molecule has 0 bridgehead atoms. The summed E-state index contributed by atoms with van der Waals surface area (Å²) in [5.41, 5.74) is 0.322. The van der Waals surface area contributed by atoms with E-state index >= 15 is 0 Å². The van der Waals surface area contributed by atoms with Crippen LogP contribution >= 0.6 is 27.7 Å². The first kappa shape index (κ1) is 15.5. The zero-order valence-corrected chi connectivity index (χ0v) is 13.1. The van der Waals surface area contributed by atoms with Gasteiger partial charge < -0.3 is 10.0 Å². The second kappa shape index (κ2) is 7.81. The molecular weight excluding hydrogens is 314 g/mol. The quantitative estimate of drug-likeness (QED) is 0.775. The standard InChI is InChI=1S/C13H18BrNO2S/c1-3-15(4-2)7-8-18-10-5-6-12(14)11(9-10)13(16)17/h5-6,9H,3-4,7-8H2,1-2H3,(H,16,17). The summed E-state index contributed by atoms with van der Waals surface area (Å²) in [6, 6.07) is 5.46. The Labute approximate surface area is 121 Å². The molecule has 0 fully saturated rings. The third kappa shape index (κ3) is 4.63. The number of thioether (sulfide) groups is 1. The van der Waals surface area contributed by atoms with Crippen LogP contribution in [0.1, 0.15) is 24.2 Å². The molecule has 0 heterocycles. The summed E-state index contributed by atoms with van der Waals surface area (Å²) in [5, 5.41) is 9.03. The Hall–Kier alpha value is -0.520. The molecule has 18 heavy (non-hydrogen) atoms. The Bertz CT molecular complexity index is 408. The van der Waals surface area contributed by atoms with Gasteiger partial charge in [0.2, 0.25) is 0 Å². The predicted octanol–water partition coefficient (Wildman–Crippen LogP) is 3.58. The molecule has 3 nitrogen and oxygen atoms in total. The largest absolute Gasteiger partial charge is 0.478 e. The zero-order chi connectivity index (χ0) is 13.5. The van der Waals surface area contributed by atoms with Gasteiger partial charge in [0, 0.05) is 21.7 Å². The Morgan fingerprint density at radius 1 is 1.39 bits per heavy atom. The van der Waals surface area contributed by atoms with Crippen molar-refractivity contribution in [3.05, 3.63) is 28.2 Å². The fourth-order valence-electron chi connectivity index (χ4n) is 1.59. The minimum absolute atomic E-state index is 0.322. The van der Waals surface area contributed by atoms with Gasteiger partial charge in [-0.05, 0) is 47.2 Å². The molecule has 0 aromatic heterocycles. The Morgan fingerprint density at radius 2 is 2.06 bits per heavy atom. The normalized spacial score (nSPS) is 10.9. The topological polar surface area (TPSA) is 40.5 Å². The van der Waals surface area contributed by atoms with Crippen molar-refractivity contribution in [1.82, 2.24) is 4.90 Å². The number of aromatic carboxylic acids is 1. The number of carboxylic acid groups (broad SMARTS) is 1. The fraction of sp³-hybridized carbons (Fsp3) is 0.462. The van der Waals surface area contributed by atoms with Gasteiger partial charge in [-0.2, -0.15) is 0 Å². The third-order valence-corrected chi connectivity index (χ3v) is 4.40. The molecule has 100 valence electrons. The van der Waals surface area contributed by atoms with Crippen molar-refractivity contribution in [2.45, 2.75) is 18.7 Å². The first-order valence-corrected chi connectivity index (χ1v) is 7.74. The SMILES string of the molecule is CCN(CC)CCSc1ccc(Br)c(C(=O)O)c1. The Balaban J connectivity index is 2.58. The lowest BCUT2D eigenvalue weighted by atomic mass is 10.2. The highest BCUT2D eigenvalue weighted by atomic mass is 79.9. The van der Waals surface area contributed by atoms with Crippen LogP contribution in [0.4, 0.5) is 0 Å². The molecule has 0 aliphatic carbocycles. The van der Waals surface area contributed by atoms with Gasteiger partial charge in [0.1, 0.15) is 0 Å². The smallest absolute Gasteiger partial charge is 0.336 e. The van der Waals surface area contributed by atoms with E-state index in [1.807, 2.05) is 6.07 Å². The first-order valence-electron chi connectivity index (χ1n) is 5.96. The highest BCUT2D eigenvalue weighted by molar-refractivity contribution is 9.10. The Morgan fingerprint density at radius 3 is 2.61 bits per heavy atom. The van der Waals surface area contributed by atoms with Gasteiger partial charge >= 0.3 is 5.97 Å². The van der Waals surface area contributed by atoms with Crippen molar-refractivity contribution in [2.75, 3.05) is 25.4 Å². The van der Waals surface area contributed by atoms with E-state index in [0.29, 0.717) is 10.0 Å². The maximum absolute atomic E-state index is 11.0. The summed E-state index contributed by atoms with van der Waals surface area (Å²) < 4.78 is 0.628. The van der Waals surface area contributed by atoms with Crippen LogP contribution in [0.3, 0.4) is 0 Å². The fourth-order valence-corrected chi connectivity index (χ4v) is 2.96. The van der Waals surface area contributed by atoms with Crippen molar-refractivity contribution in [3.8, 4) is 0 Å². The van der Waals surface area contributed by atoms with Crippen molar-refractivity contribution in [2.24, 2.45) is 0 Å². The number of nitrogens with zero attached hydrogens (tertiary/aromatic N) is 1. The molecule has 0 aliphatic heterocycles. The lowest BCUT2D eigenvalue weighted by Gasteiger charge is -2.17. The highest BCUT2D eigenvalue weighted by Gasteiger charge is 2.09. The van der Waals surface area contributed by atoms with Gasteiger partial charge in [0.05, 0.1) is 5.56 Å². The van der Waals surface area contributed by atoms with Crippen LogP contribution in [0.15, 0.2) is 27.6 Å². The molecule has 0 amide bonds. The molecule has 0 saturated heterocycles. The zero-order valence-electron chi connectivity index (χ0n) is 10.6. The lowest BCUT2D eigenvalue weighted by Crippen LogP contribution is -2.25. The lowest BCUT2D eigenvalue weighted by molar-refractivity contribution is 0.0695. The van der Waals surface area contributed by atoms with E-state index in [1.54, 1.807) is 23.9 Å². The second-order valence-corrected chi connectivity index (χ2v) is 5.84. The maximum atomic E-state index is 11.0. The van der Waals surface area contributed by atoms with Gasteiger partial charge in [-0.25, -0.2) is 4.79 Å². The molecule has 1 N–H and O–H groups in total. The minimum Gasteiger partial charge on any atom is -0.478 e. The number of rotatable bonds is 7. The van der Waals surface area contributed by atoms with Crippen molar-refractivity contribution in [1.29, 1.82) is 0 Å². The van der Waals surface area contributed by atoms with Gasteiger partial charge in [0.25, 0.3) is 0 Å². The van der Waals surface area contributed by atoms with Gasteiger partial charge in [-0.3, -0.25) is 0 Å². The number of benzene rings is 1. The van der Waals surface area contributed by atoms with E-state index in [9.17, 15) is 4.79 Å². The van der Waals surface area contributed by atoms with Crippen LogP contribution in [-0.4, -0.2) is 41.4 Å². The molecular formula is C13H18BrNO2S. The molecule has 0 aliphatic rings. The summed E-state index contributed by atoms with van der Waals surface area (Å²) in [6.07, 6.45) is 0. The molecule has 5 heteroatoms. The molecule has 1 rings (SSSR count). The first-order chi connectivity index (χ1) is 8.58. The van der Waals surface area contributed by atoms with Gasteiger partial charge in [-0.15, -0.1) is 11.8 Å². The van der Waals surface area contributed by atoms with Crippen LogP contribution in [0.5, 0.6) is 0 Å². The third-order valence-electron chi connectivity index (χ3n) is 2.74. The van der Waals surface area contributed by atoms with Crippen LogP contribution in [0, 0.1) is 0 Å². The van der Waals surface area contributed by atoms with E-state index in [2.05, 4.69) is 34.7 Å². The number of carboxylic acids is 1. The predicted molar refractivity (Wildman–Crippen MR) is 79.6 cm³/mol. The minimum atomic E-state index is -0.895. The van der Waals surface area contributed by atoms with Gasteiger partial charge in [0.15, 0.2) is 0 Å². The molecule has 1 aromatic rings. The molecule has 0 saturated carbocycles. The molecule has 0 radical (unpaired) electrons. The van der Waals surface area contributed by atoms with Crippen molar-refractivity contribution >= 4 is 33.7 Å².